The number of hydrogen-bond donors (Lipinski definition) is 2. The van der Waals surface area contributed by atoms with Crippen LogP contribution in [-0.2, 0) is 4.79 Å². The van der Waals surface area contributed by atoms with Gasteiger partial charge in [0.2, 0.25) is 5.91 Å². The molecule has 0 radical (unpaired) electrons. The van der Waals surface area contributed by atoms with Gasteiger partial charge in [-0.25, -0.2) is 0 Å². The van der Waals surface area contributed by atoms with E-state index < -0.39 is 0 Å². The summed E-state index contributed by atoms with van der Waals surface area (Å²) in [5.74, 6) is 0.798. The van der Waals surface area contributed by atoms with E-state index >= 15 is 0 Å². The molecule has 3 heteroatoms. The molecule has 3 nitrogen and oxygen atoms in total. The molecule has 0 bridgehead atoms. The molecular formula is C14H28N2O. The van der Waals surface area contributed by atoms with Crippen LogP contribution in [0.5, 0.6) is 0 Å². The van der Waals surface area contributed by atoms with E-state index in [0.717, 1.165) is 32.1 Å². The first kappa shape index (κ1) is 14.5. The fourth-order valence-corrected chi connectivity index (χ4v) is 2.52. The van der Waals surface area contributed by atoms with Crippen molar-refractivity contribution in [2.75, 3.05) is 0 Å². The third-order valence-corrected chi connectivity index (χ3v) is 4.49. The Morgan fingerprint density at radius 1 is 1.35 bits per heavy atom. The maximum atomic E-state index is 12.3. The third kappa shape index (κ3) is 3.70. The van der Waals surface area contributed by atoms with Crippen LogP contribution in [-0.4, -0.2) is 17.5 Å². The first-order valence-electron chi connectivity index (χ1n) is 6.99. The zero-order chi connectivity index (χ0) is 13.1. The summed E-state index contributed by atoms with van der Waals surface area (Å²) in [6.07, 6.45) is 5.01. The minimum absolute atomic E-state index is 0.0103. The van der Waals surface area contributed by atoms with Gasteiger partial charge in [-0.3, -0.25) is 4.79 Å². The number of carbonyl (C=O) groups excluding carboxylic acids is 1. The van der Waals surface area contributed by atoms with Gasteiger partial charge in [-0.2, -0.15) is 0 Å². The van der Waals surface area contributed by atoms with Gasteiger partial charge in [-0.15, -0.1) is 0 Å². The molecule has 0 aliphatic heterocycles. The summed E-state index contributed by atoms with van der Waals surface area (Å²) in [4.78, 5) is 12.3. The fraction of sp³-hybridized carbons (Fsp3) is 0.929. The van der Waals surface area contributed by atoms with E-state index in [1.54, 1.807) is 0 Å². The Morgan fingerprint density at radius 3 is 2.47 bits per heavy atom. The molecule has 1 amide bonds. The lowest BCUT2D eigenvalue weighted by Crippen LogP contribution is -2.52. The van der Waals surface area contributed by atoms with Crippen molar-refractivity contribution in [2.24, 2.45) is 17.6 Å². The minimum atomic E-state index is -0.0719. The molecule has 0 aromatic rings. The molecule has 1 fully saturated rings. The average molecular weight is 240 g/mol. The second kappa shape index (κ2) is 5.85. The van der Waals surface area contributed by atoms with Crippen LogP contribution in [0.3, 0.4) is 0 Å². The Kier molecular flexibility index (Phi) is 4.99. The monoisotopic (exact) mass is 240 g/mol. The van der Waals surface area contributed by atoms with Crippen LogP contribution in [0.15, 0.2) is 0 Å². The van der Waals surface area contributed by atoms with Crippen LogP contribution in [0.2, 0.25) is 0 Å². The van der Waals surface area contributed by atoms with Crippen molar-refractivity contribution in [3.8, 4) is 0 Å². The van der Waals surface area contributed by atoms with Crippen molar-refractivity contribution >= 4 is 5.91 Å². The third-order valence-electron chi connectivity index (χ3n) is 4.49. The van der Waals surface area contributed by atoms with Crippen LogP contribution in [0.4, 0.5) is 0 Å². The lowest BCUT2D eigenvalue weighted by molar-refractivity contribution is -0.128. The zero-order valence-corrected chi connectivity index (χ0v) is 11.8. The first-order chi connectivity index (χ1) is 7.91. The molecule has 0 spiro atoms. The lowest BCUT2D eigenvalue weighted by Gasteiger charge is -2.35. The van der Waals surface area contributed by atoms with Gasteiger partial charge in [0, 0.05) is 11.6 Å². The highest BCUT2D eigenvalue weighted by Gasteiger charge is 2.34. The number of carbonyl (C=O) groups is 1. The van der Waals surface area contributed by atoms with Crippen LogP contribution >= 0.6 is 0 Å². The molecule has 1 rings (SSSR count). The van der Waals surface area contributed by atoms with Gasteiger partial charge in [0.1, 0.15) is 0 Å². The van der Waals surface area contributed by atoms with Crippen LogP contribution in [0.25, 0.3) is 0 Å². The highest BCUT2D eigenvalue weighted by Crippen LogP contribution is 2.29. The largest absolute Gasteiger partial charge is 0.351 e. The van der Waals surface area contributed by atoms with Gasteiger partial charge >= 0.3 is 0 Å². The van der Waals surface area contributed by atoms with Gasteiger partial charge < -0.3 is 11.1 Å². The number of hydrogen-bond acceptors (Lipinski definition) is 2. The lowest BCUT2D eigenvalue weighted by atomic mass is 9.78. The van der Waals surface area contributed by atoms with Crippen molar-refractivity contribution in [1.29, 1.82) is 0 Å². The summed E-state index contributed by atoms with van der Waals surface area (Å²) in [6, 6.07) is 0.0455. The van der Waals surface area contributed by atoms with Crippen molar-refractivity contribution < 1.29 is 4.79 Å². The van der Waals surface area contributed by atoms with Crippen molar-refractivity contribution in [3.05, 3.63) is 0 Å². The number of nitrogens with one attached hydrogen (secondary N) is 1. The Balaban J connectivity index is 2.62. The maximum Gasteiger partial charge on any atom is 0.225 e. The summed E-state index contributed by atoms with van der Waals surface area (Å²) in [5, 5.41) is 3.19. The van der Waals surface area contributed by atoms with Crippen LogP contribution in [0, 0.1) is 11.8 Å². The smallest absolute Gasteiger partial charge is 0.225 e. The maximum absolute atomic E-state index is 12.3. The number of nitrogens with two attached hydrogens (primary N) is 1. The van der Waals surface area contributed by atoms with E-state index in [4.69, 9.17) is 5.73 Å². The first-order valence-corrected chi connectivity index (χ1v) is 6.99. The van der Waals surface area contributed by atoms with E-state index in [1.807, 2.05) is 0 Å². The Hall–Kier alpha value is -0.570. The Labute approximate surface area is 106 Å². The minimum Gasteiger partial charge on any atom is -0.351 e. The molecule has 1 aliphatic carbocycles. The van der Waals surface area contributed by atoms with E-state index in [0.29, 0.717) is 5.92 Å². The predicted octanol–water partition coefficient (Wildman–Crippen LogP) is 2.44. The molecule has 1 saturated carbocycles. The molecule has 3 N–H and O–H groups in total. The Morgan fingerprint density at radius 2 is 1.94 bits per heavy atom. The SMILES string of the molecule is CCC(C)(CC)NC(=O)C1CC(C)CCC1N. The second-order valence-electron chi connectivity index (χ2n) is 5.95. The molecule has 0 aromatic heterocycles. The van der Waals surface area contributed by atoms with E-state index in [1.165, 1.54) is 0 Å². The van der Waals surface area contributed by atoms with Gasteiger partial charge in [0.15, 0.2) is 0 Å². The topological polar surface area (TPSA) is 55.1 Å². The molecule has 0 aromatic carbocycles. The van der Waals surface area contributed by atoms with Gasteiger partial charge in [-0.05, 0) is 44.9 Å². The molecule has 1 aliphatic rings. The van der Waals surface area contributed by atoms with E-state index in [9.17, 15) is 4.79 Å². The summed E-state index contributed by atoms with van der Waals surface area (Å²) >= 11 is 0. The second-order valence-corrected chi connectivity index (χ2v) is 5.95. The van der Waals surface area contributed by atoms with E-state index in [-0.39, 0.29) is 23.4 Å². The molecule has 3 unspecified atom stereocenters. The van der Waals surface area contributed by atoms with Crippen molar-refractivity contribution in [3.63, 3.8) is 0 Å². The van der Waals surface area contributed by atoms with E-state index in [2.05, 4.69) is 33.0 Å². The zero-order valence-electron chi connectivity index (χ0n) is 11.8. The summed E-state index contributed by atoms with van der Waals surface area (Å²) < 4.78 is 0. The van der Waals surface area contributed by atoms with Crippen LogP contribution < -0.4 is 11.1 Å². The summed E-state index contributed by atoms with van der Waals surface area (Å²) in [6.45, 7) is 8.56. The predicted molar refractivity (Wildman–Crippen MR) is 71.6 cm³/mol. The van der Waals surface area contributed by atoms with Gasteiger partial charge in [0.25, 0.3) is 0 Å². The average Bonchev–Trinajstić information content (AvgIpc) is 2.32. The fourth-order valence-electron chi connectivity index (χ4n) is 2.52. The molecular weight excluding hydrogens is 212 g/mol. The van der Waals surface area contributed by atoms with Crippen LogP contribution in [0.1, 0.15) is 59.8 Å². The normalized spacial score (nSPS) is 30.1. The number of rotatable bonds is 4. The standard InChI is InChI=1S/C14H28N2O/c1-5-14(4,6-2)16-13(17)11-9-10(3)7-8-12(11)15/h10-12H,5-9,15H2,1-4H3,(H,16,17). The van der Waals surface area contributed by atoms with Gasteiger partial charge in [0.05, 0.1) is 5.92 Å². The quantitative estimate of drug-likeness (QED) is 0.793. The molecule has 3 atom stereocenters. The highest BCUT2D eigenvalue weighted by atomic mass is 16.2. The van der Waals surface area contributed by atoms with Crippen molar-refractivity contribution in [1.82, 2.24) is 5.32 Å². The molecule has 17 heavy (non-hydrogen) atoms. The summed E-state index contributed by atoms with van der Waals surface area (Å²) in [7, 11) is 0. The molecule has 0 saturated heterocycles. The molecule has 100 valence electrons. The number of amides is 1. The Bertz CT molecular complexity index is 261. The van der Waals surface area contributed by atoms with Gasteiger partial charge in [-0.1, -0.05) is 20.8 Å². The van der Waals surface area contributed by atoms with Crippen molar-refractivity contribution in [2.45, 2.75) is 71.4 Å². The highest BCUT2D eigenvalue weighted by molar-refractivity contribution is 5.80. The summed E-state index contributed by atoms with van der Waals surface area (Å²) in [5.41, 5.74) is 6.01. The molecule has 0 heterocycles.